The minimum absolute atomic E-state index is 0.211. The molecule has 0 aliphatic heterocycles. The average Bonchev–Trinajstić information content (AvgIpc) is 2.97. The van der Waals surface area contributed by atoms with E-state index < -0.39 is 22.0 Å². The molecule has 22 heavy (non-hydrogen) atoms. The number of nitrogens with zero attached hydrogens (tertiary/aromatic N) is 1. The Bertz CT molecular complexity index is 711. The van der Waals surface area contributed by atoms with E-state index in [1.54, 1.807) is 49.4 Å². The lowest BCUT2D eigenvalue weighted by Gasteiger charge is -2.28. The topological polar surface area (TPSA) is 79.6 Å². The predicted molar refractivity (Wildman–Crippen MR) is 83.8 cm³/mol. The summed E-state index contributed by atoms with van der Waals surface area (Å²) in [5.41, 5.74) is 0.450. The van der Waals surface area contributed by atoms with Crippen molar-refractivity contribution >= 4 is 21.6 Å². The number of carbonyl (C=O) groups is 1. The zero-order valence-corrected chi connectivity index (χ0v) is 13.2. The first-order valence-electron chi connectivity index (χ1n) is 6.74. The van der Waals surface area contributed by atoms with Crippen molar-refractivity contribution in [2.24, 2.45) is 0 Å². The smallest absolute Gasteiger partial charge is 0.243 e. The normalized spacial score (nSPS) is 12.6. The van der Waals surface area contributed by atoms with E-state index in [1.807, 2.05) is 0 Å². The van der Waals surface area contributed by atoms with Gasteiger partial charge in [0.25, 0.3) is 0 Å². The molecule has 0 aliphatic rings. The first kappa shape index (κ1) is 16.1. The molecule has 118 valence electrons. The van der Waals surface area contributed by atoms with Gasteiger partial charge in [-0.15, -0.1) is 0 Å². The quantitative estimate of drug-likeness (QED) is 0.879. The van der Waals surface area contributed by atoms with Gasteiger partial charge in [0.1, 0.15) is 11.8 Å². The molecule has 1 atom stereocenters. The third kappa shape index (κ3) is 3.88. The Morgan fingerprint density at radius 2 is 1.91 bits per heavy atom. The summed E-state index contributed by atoms with van der Waals surface area (Å²) < 4.78 is 30.3. The van der Waals surface area contributed by atoms with Crippen molar-refractivity contribution in [1.82, 2.24) is 5.32 Å². The van der Waals surface area contributed by atoms with Crippen LogP contribution >= 0.6 is 0 Å². The van der Waals surface area contributed by atoms with Crippen LogP contribution < -0.4 is 9.62 Å². The summed E-state index contributed by atoms with van der Waals surface area (Å²) in [7, 11) is -3.59. The fourth-order valence-electron chi connectivity index (χ4n) is 2.12. The number of hydrogen-bond donors (Lipinski definition) is 1. The molecule has 1 N–H and O–H groups in total. The molecule has 1 aromatic carbocycles. The summed E-state index contributed by atoms with van der Waals surface area (Å²) in [5.74, 6) is 0.205. The highest BCUT2D eigenvalue weighted by molar-refractivity contribution is 7.92. The van der Waals surface area contributed by atoms with Crippen LogP contribution in [0.4, 0.5) is 5.69 Å². The third-order valence-electron chi connectivity index (χ3n) is 3.12. The van der Waals surface area contributed by atoms with Crippen LogP contribution in [0.15, 0.2) is 53.1 Å². The van der Waals surface area contributed by atoms with Gasteiger partial charge in [0.05, 0.1) is 24.8 Å². The van der Waals surface area contributed by atoms with Gasteiger partial charge in [-0.25, -0.2) is 8.42 Å². The van der Waals surface area contributed by atoms with E-state index in [1.165, 1.54) is 6.26 Å². The molecule has 0 spiro atoms. The van der Waals surface area contributed by atoms with Crippen LogP contribution in [0.2, 0.25) is 0 Å². The molecule has 7 heteroatoms. The van der Waals surface area contributed by atoms with Crippen molar-refractivity contribution in [3.63, 3.8) is 0 Å². The molecule has 0 saturated carbocycles. The molecule has 2 rings (SSSR count). The zero-order chi connectivity index (χ0) is 16.2. The van der Waals surface area contributed by atoms with E-state index in [0.29, 0.717) is 11.4 Å². The third-order valence-corrected chi connectivity index (χ3v) is 4.36. The van der Waals surface area contributed by atoms with Crippen LogP contribution in [0, 0.1) is 0 Å². The maximum Gasteiger partial charge on any atom is 0.243 e. The second-order valence-corrected chi connectivity index (χ2v) is 6.73. The average molecular weight is 322 g/mol. The molecule has 6 nitrogen and oxygen atoms in total. The van der Waals surface area contributed by atoms with Gasteiger partial charge < -0.3 is 9.73 Å². The number of benzene rings is 1. The van der Waals surface area contributed by atoms with E-state index in [0.717, 1.165) is 10.6 Å². The van der Waals surface area contributed by atoms with E-state index in [4.69, 9.17) is 4.42 Å². The Hall–Kier alpha value is -2.28. The largest absolute Gasteiger partial charge is 0.467 e. The number of anilines is 1. The maximum absolute atomic E-state index is 12.2. The van der Waals surface area contributed by atoms with Gasteiger partial charge in [-0.05, 0) is 31.2 Å². The van der Waals surface area contributed by atoms with Gasteiger partial charge in [-0.3, -0.25) is 9.10 Å². The number of hydrogen-bond acceptors (Lipinski definition) is 4. The number of sulfonamides is 1. The lowest BCUT2D eigenvalue weighted by molar-refractivity contribution is -0.122. The molecule has 0 saturated heterocycles. The SMILES string of the molecule is C[C@@H](C(=O)NCc1ccco1)N(c1ccccc1)S(C)(=O)=O. The molecule has 0 bridgehead atoms. The van der Waals surface area contributed by atoms with Crippen LogP contribution in [0.1, 0.15) is 12.7 Å². The zero-order valence-electron chi connectivity index (χ0n) is 12.4. The molecule has 0 fully saturated rings. The Labute approximate surface area is 129 Å². The van der Waals surface area contributed by atoms with Crippen molar-refractivity contribution in [1.29, 1.82) is 0 Å². The lowest BCUT2D eigenvalue weighted by atomic mass is 10.2. The molecule has 0 aliphatic carbocycles. The van der Waals surface area contributed by atoms with Crippen LogP contribution in [0.5, 0.6) is 0 Å². The van der Waals surface area contributed by atoms with Crippen molar-refractivity contribution in [2.75, 3.05) is 10.6 Å². The summed E-state index contributed by atoms with van der Waals surface area (Å²) in [4.78, 5) is 12.2. The highest BCUT2D eigenvalue weighted by Gasteiger charge is 2.28. The van der Waals surface area contributed by atoms with E-state index >= 15 is 0 Å². The first-order chi connectivity index (χ1) is 10.4. The summed E-state index contributed by atoms with van der Waals surface area (Å²) >= 11 is 0. The number of furan rings is 1. The molecular weight excluding hydrogens is 304 g/mol. The molecule has 0 radical (unpaired) electrons. The van der Waals surface area contributed by atoms with E-state index in [2.05, 4.69) is 5.32 Å². The molecule has 2 aromatic rings. The summed E-state index contributed by atoms with van der Waals surface area (Å²) in [6.07, 6.45) is 2.59. The Morgan fingerprint density at radius 1 is 1.23 bits per heavy atom. The summed E-state index contributed by atoms with van der Waals surface area (Å²) in [6.45, 7) is 1.76. The van der Waals surface area contributed by atoms with Gasteiger partial charge in [-0.1, -0.05) is 18.2 Å². The van der Waals surface area contributed by atoms with Gasteiger partial charge >= 0.3 is 0 Å². The van der Waals surface area contributed by atoms with E-state index in [-0.39, 0.29) is 6.54 Å². The second-order valence-electron chi connectivity index (χ2n) is 4.87. The molecule has 1 amide bonds. The van der Waals surface area contributed by atoms with Gasteiger partial charge in [-0.2, -0.15) is 0 Å². The van der Waals surface area contributed by atoms with Crippen molar-refractivity contribution in [2.45, 2.75) is 19.5 Å². The van der Waals surface area contributed by atoms with Crippen LogP contribution in [-0.4, -0.2) is 26.6 Å². The Morgan fingerprint density at radius 3 is 2.45 bits per heavy atom. The standard InChI is InChI=1S/C15H18N2O4S/c1-12(15(18)16-11-14-9-6-10-21-14)17(22(2,19)20)13-7-4-3-5-8-13/h3-10,12H,11H2,1-2H3,(H,16,18)/t12-/m0/s1. The number of carbonyl (C=O) groups excluding carboxylic acids is 1. The molecule has 0 unspecified atom stereocenters. The minimum Gasteiger partial charge on any atom is -0.467 e. The first-order valence-corrected chi connectivity index (χ1v) is 8.59. The van der Waals surface area contributed by atoms with Gasteiger partial charge in [0, 0.05) is 0 Å². The Kier molecular flexibility index (Phi) is 4.87. The van der Waals surface area contributed by atoms with Crippen molar-refractivity contribution in [3.8, 4) is 0 Å². The monoisotopic (exact) mass is 322 g/mol. The van der Waals surface area contributed by atoms with Gasteiger partial charge in [0.2, 0.25) is 15.9 Å². The summed E-state index contributed by atoms with van der Waals surface area (Å²) in [6, 6.07) is 11.1. The fraction of sp³-hybridized carbons (Fsp3) is 0.267. The molecular formula is C15H18N2O4S. The van der Waals surface area contributed by atoms with Gasteiger partial charge in [0.15, 0.2) is 0 Å². The van der Waals surface area contributed by atoms with Crippen LogP contribution in [0.3, 0.4) is 0 Å². The highest BCUT2D eigenvalue weighted by Crippen LogP contribution is 2.20. The fourth-order valence-corrected chi connectivity index (χ4v) is 3.29. The predicted octanol–water partition coefficient (Wildman–Crippen LogP) is 1.75. The van der Waals surface area contributed by atoms with Crippen molar-refractivity contribution < 1.29 is 17.6 Å². The summed E-state index contributed by atoms with van der Waals surface area (Å²) in [5, 5.41) is 2.67. The van der Waals surface area contributed by atoms with Crippen LogP contribution in [-0.2, 0) is 21.4 Å². The molecule has 1 aromatic heterocycles. The number of amides is 1. The molecule has 1 heterocycles. The van der Waals surface area contributed by atoms with E-state index in [9.17, 15) is 13.2 Å². The minimum atomic E-state index is -3.59. The van der Waals surface area contributed by atoms with Crippen molar-refractivity contribution in [3.05, 3.63) is 54.5 Å². The maximum atomic E-state index is 12.2. The lowest BCUT2D eigenvalue weighted by Crippen LogP contribution is -2.47. The number of nitrogens with one attached hydrogen (secondary N) is 1. The Balaban J connectivity index is 2.15. The van der Waals surface area contributed by atoms with Crippen LogP contribution in [0.25, 0.3) is 0 Å². The second kappa shape index (κ2) is 6.65. The number of para-hydroxylation sites is 1. The highest BCUT2D eigenvalue weighted by atomic mass is 32.2. The number of rotatable bonds is 6.